The SMILES string of the molecule is [B]C#N.[Na]. The zero-order valence-electron chi connectivity index (χ0n) is 2.52. The van der Waals surface area contributed by atoms with E-state index in [0.717, 1.165) is 0 Å². The summed E-state index contributed by atoms with van der Waals surface area (Å²) in [7, 11) is 4.15. The molecule has 0 amide bonds. The van der Waals surface area contributed by atoms with Gasteiger partial charge in [-0.3, -0.25) is 0 Å². The summed E-state index contributed by atoms with van der Waals surface area (Å²) < 4.78 is 0. The molecule has 0 aromatic heterocycles. The van der Waals surface area contributed by atoms with Crippen LogP contribution in [0.2, 0.25) is 0 Å². The van der Waals surface area contributed by atoms with E-state index in [0.29, 0.717) is 0 Å². The summed E-state index contributed by atoms with van der Waals surface area (Å²) in [5.41, 5.74) is 0. The zero-order chi connectivity index (χ0) is 2.71. The monoisotopic (exact) mass is 60.0 g/mol. The molecule has 3 radical (unpaired) electrons. The molecule has 0 fully saturated rings. The second-order valence-electron chi connectivity index (χ2n) is 0.129. The van der Waals surface area contributed by atoms with E-state index in [1.165, 1.54) is 5.97 Å². The largest absolute Gasteiger partial charge is 0.229 e. The Labute approximate surface area is 48.7 Å². The second-order valence-corrected chi connectivity index (χ2v) is 0.129. The van der Waals surface area contributed by atoms with Crippen molar-refractivity contribution < 1.29 is 0 Å². The molecule has 0 aromatic rings. The van der Waals surface area contributed by atoms with E-state index in [9.17, 15) is 0 Å². The van der Waals surface area contributed by atoms with Crippen LogP contribution in [0.3, 0.4) is 0 Å². The van der Waals surface area contributed by atoms with E-state index >= 15 is 0 Å². The van der Waals surface area contributed by atoms with Gasteiger partial charge in [-0.1, -0.05) is 0 Å². The van der Waals surface area contributed by atoms with Gasteiger partial charge in [-0.15, -0.1) is 0 Å². The summed E-state index contributed by atoms with van der Waals surface area (Å²) in [6, 6.07) is 0. The molecule has 4 heavy (non-hydrogen) atoms. The fourth-order valence-electron chi connectivity index (χ4n) is 0. The van der Waals surface area contributed by atoms with Crippen LogP contribution < -0.4 is 0 Å². The average Bonchev–Trinajstić information content (AvgIpc) is 0.918. The van der Waals surface area contributed by atoms with E-state index < -0.39 is 0 Å². The number of hydrogen-bond donors (Lipinski definition) is 0. The van der Waals surface area contributed by atoms with Gasteiger partial charge < -0.3 is 0 Å². The standard InChI is InChI=1S/CBN.Na/c2-1-3;. The summed E-state index contributed by atoms with van der Waals surface area (Å²) in [6.45, 7) is 0. The first kappa shape index (κ1) is 8.82. The minimum Gasteiger partial charge on any atom is -0.214 e. The molecule has 0 aromatic carbocycles. The van der Waals surface area contributed by atoms with Crippen LogP contribution in [-0.2, 0) is 0 Å². The third-order valence-electron chi connectivity index (χ3n) is 0. The van der Waals surface area contributed by atoms with Gasteiger partial charge >= 0.3 is 0 Å². The van der Waals surface area contributed by atoms with Gasteiger partial charge in [0, 0.05) is 29.6 Å². The van der Waals surface area contributed by atoms with Crippen molar-refractivity contribution in [2.24, 2.45) is 0 Å². The Bertz CT molecular complexity index is 29.5. The third kappa shape index (κ3) is 20.1. The van der Waals surface area contributed by atoms with Crippen LogP contribution in [-0.4, -0.2) is 37.4 Å². The van der Waals surface area contributed by atoms with Gasteiger partial charge in [0.05, 0.1) is 0 Å². The molecule has 13 valence electrons. The van der Waals surface area contributed by atoms with Crippen molar-refractivity contribution in [3.8, 4) is 5.97 Å². The third-order valence-corrected chi connectivity index (χ3v) is 0. The quantitative estimate of drug-likeness (QED) is 0.337. The van der Waals surface area contributed by atoms with E-state index in [-0.39, 0.29) is 29.6 Å². The van der Waals surface area contributed by atoms with Crippen molar-refractivity contribution >= 4 is 37.4 Å². The Balaban J connectivity index is 0. The molecule has 0 N–H and O–H groups in total. The molecule has 0 saturated heterocycles. The summed E-state index contributed by atoms with van der Waals surface area (Å²) in [4.78, 5) is 0. The fraction of sp³-hybridized carbons (Fsp3) is 0. The molecule has 1 nitrogen and oxygen atoms in total. The normalized spacial score (nSPS) is 1.75. The van der Waals surface area contributed by atoms with E-state index in [4.69, 9.17) is 5.26 Å². The Morgan fingerprint density at radius 1 is 1.75 bits per heavy atom. The van der Waals surface area contributed by atoms with Crippen LogP contribution in [0.4, 0.5) is 0 Å². The van der Waals surface area contributed by atoms with Crippen LogP contribution in [0, 0.1) is 11.2 Å². The van der Waals surface area contributed by atoms with Crippen molar-refractivity contribution in [1.82, 2.24) is 0 Å². The molecule has 0 aliphatic rings. The van der Waals surface area contributed by atoms with Crippen molar-refractivity contribution in [3.63, 3.8) is 0 Å². The molecule has 3 heteroatoms. The predicted octanol–water partition coefficient (Wildman–Crippen LogP) is -0.745. The first-order valence-corrected chi connectivity index (χ1v) is 0.512. The maximum atomic E-state index is 7.10. The Morgan fingerprint density at radius 3 is 1.75 bits per heavy atom. The van der Waals surface area contributed by atoms with Gasteiger partial charge in [0.15, 0.2) is 0 Å². The van der Waals surface area contributed by atoms with Crippen LogP contribution in [0.25, 0.3) is 0 Å². The van der Waals surface area contributed by atoms with Gasteiger partial charge in [-0.05, 0) is 5.97 Å². The van der Waals surface area contributed by atoms with Crippen LogP contribution >= 0.6 is 0 Å². The topological polar surface area (TPSA) is 23.8 Å². The molecule has 0 aliphatic heterocycles. The van der Waals surface area contributed by atoms with Crippen LogP contribution in [0.1, 0.15) is 0 Å². The Hall–Kier alpha value is 0.555. The molecule has 0 spiro atoms. The smallest absolute Gasteiger partial charge is 0.214 e. The van der Waals surface area contributed by atoms with E-state index in [2.05, 4.69) is 7.85 Å². The van der Waals surface area contributed by atoms with Crippen LogP contribution in [0.15, 0.2) is 0 Å². The molecular formula is CBNNa. The number of rotatable bonds is 0. The maximum Gasteiger partial charge on any atom is 0.229 e. The summed E-state index contributed by atoms with van der Waals surface area (Å²) in [5.74, 6) is 1.25. The van der Waals surface area contributed by atoms with Gasteiger partial charge in [0.1, 0.15) is 0 Å². The molecule has 0 heterocycles. The second kappa shape index (κ2) is 9.60. The Kier molecular flexibility index (Phi) is 21.2. The molecule has 0 saturated carbocycles. The number of hydrogen-bond acceptors (Lipinski definition) is 1. The first-order chi connectivity index (χ1) is 1.41. The minimum absolute atomic E-state index is 0. The molecule has 0 unspecified atom stereocenters. The summed E-state index contributed by atoms with van der Waals surface area (Å²) in [6.07, 6.45) is 0. The summed E-state index contributed by atoms with van der Waals surface area (Å²) in [5, 5.41) is 7.10. The van der Waals surface area contributed by atoms with E-state index in [1.807, 2.05) is 0 Å². The maximum absolute atomic E-state index is 7.10. The van der Waals surface area contributed by atoms with Crippen molar-refractivity contribution in [1.29, 1.82) is 5.26 Å². The number of nitrogens with zero attached hydrogens (tertiary/aromatic N) is 1. The van der Waals surface area contributed by atoms with Gasteiger partial charge in [0.2, 0.25) is 7.85 Å². The van der Waals surface area contributed by atoms with Gasteiger partial charge in [-0.2, -0.15) is 0 Å². The van der Waals surface area contributed by atoms with Crippen molar-refractivity contribution in [3.05, 3.63) is 0 Å². The molecule has 0 atom stereocenters. The number of nitriles is 1. The minimum atomic E-state index is 0. The Morgan fingerprint density at radius 2 is 1.75 bits per heavy atom. The van der Waals surface area contributed by atoms with Crippen molar-refractivity contribution in [2.45, 2.75) is 0 Å². The van der Waals surface area contributed by atoms with Gasteiger partial charge in [-0.25, -0.2) is 5.26 Å². The zero-order valence-corrected chi connectivity index (χ0v) is 4.52. The molecule has 0 bridgehead atoms. The molecule has 0 aliphatic carbocycles. The molecule has 0 rings (SSSR count). The van der Waals surface area contributed by atoms with Gasteiger partial charge in [0.25, 0.3) is 0 Å². The fourth-order valence-corrected chi connectivity index (χ4v) is 0. The summed E-state index contributed by atoms with van der Waals surface area (Å²) >= 11 is 0. The van der Waals surface area contributed by atoms with Crippen LogP contribution in [0.5, 0.6) is 0 Å². The predicted molar refractivity (Wildman–Crippen MR) is 17.1 cm³/mol. The average molecular weight is 59.8 g/mol. The van der Waals surface area contributed by atoms with E-state index in [1.54, 1.807) is 0 Å². The van der Waals surface area contributed by atoms with Crippen molar-refractivity contribution in [2.75, 3.05) is 0 Å². The first-order valence-electron chi connectivity index (χ1n) is 0.512. The molecular weight excluding hydrogens is 59.8 g/mol.